The van der Waals surface area contributed by atoms with Gasteiger partial charge in [0, 0.05) is 5.92 Å². The van der Waals surface area contributed by atoms with Gasteiger partial charge in [0.05, 0.1) is 10.9 Å². The minimum atomic E-state index is -0.772. The van der Waals surface area contributed by atoms with E-state index in [1.54, 1.807) is 0 Å². The number of rotatable bonds is 2. The highest BCUT2D eigenvalue weighted by Gasteiger charge is 2.60. The molecule has 0 aromatic rings. The Morgan fingerprint density at radius 1 is 1.08 bits per heavy atom. The van der Waals surface area contributed by atoms with Gasteiger partial charge < -0.3 is 5.11 Å². The lowest BCUT2D eigenvalue weighted by atomic mass is 9.48. The Bertz CT molecular complexity index is 550. The van der Waals surface area contributed by atoms with Crippen molar-refractivity contribution in [3.63, 3.8) is 0 Å². The van der Waals surface area contributed by atoms with Gasteiger partial charge in [-0.3, -0.25) is 4.79 Å². The van der Waals surface area contributed by atoms with Gasteiger partial charge in [0.1, 0.15) is 12.0 Å². The van der Waals surface area contributed by atoms with E-state index in [-0.39, 0.29) is 17.3 Å². The number of hydrogen-bond donors (Lipinski definition) is 1. The average Bonchev–Trinajstić information content (AvgIpc) is 2.91. The van der Waals surface area contributed by atoms with Crippen LogP contribution >= 0.6 is 15.9 Å². The van der Waals surface area contributed by atoms with Gasteiger partial charge in [-0.1, -0.05) is 22.9 Å². The van der Waals surface area contributed by atoms with Crippen molar-refractivity contribution in [3.05, 3.63) is 0 Å². The molecular formula is C21H32BrFO2. The first-order valence-corrected chi connectivity index (χ1v) is 11.3. The van der Waals surface area contributed by atoms with Crippen LogP contribution in [-0.2, 0) is 4.79 Å². The summed E-state index contributed by atoms with van der Waals surface area (Å²) in [5, 5.41) is 10.9. The van der Waals surface area contributed by atoms with Crippen LogP contribution in [0.15, 0.2) is 0 Å². The summed E-state index contributed by atoms with van der Waals surface area (Å²) in [4.78, 5) is 12.4. The number of carbonyl (C=O) groups is 1. The molecule has 1 N–H and O–H groups in total. The number of ketones is 1. The van der Waals surface area contributed by atoms with Gasteiger partial charge >= 0.3 is 0 Å². The number of hydrogen-bond acceptors (Lipinski definition) is 2. The predicted octanol–water partition coefficient (Wildman–Crippen LogP) is 4.92. The fraction of sp³-hybridized carbons (Fsp3) is 0.952. The largest absolute Gasteiger partial charge is 0.390 e. The fourth-order valence-corrected chi connectivity index (χ4v) is 8.02. The van der Waals surface area contributed by atoms with Crippen LogP contribution in [0.5, 0.6) is 0 Å². The molecule has 4 saturated carbocycles. The Hall–Kier alpha value is 0.0400. The molecule has 0 aliphatic heterocycles. The van der Waals surface area contributed by atoms with E-state index in [1.165, 1.54) is 0 Å². The molecule has 2 nitrogen and oxygen atoms in total. The monoisotopic (exact) mass is 414 g/mol. The van der Waals surface area contributed by atoms with Crippen LogP contribution in [0.3, 0.4) is 0 Å². The van der Waals surface area contributed by atoms with Crippen LogP contribution in [-0.4, -0.2) is 28.0 Å². The van der Waals surface area contributed by atoms with E-state index in [9.17, 15) is 9.90 Å². The number of fused-ring (bicyclic) bond motifs is 5. The molecule has 25 heavy (non-hydrogen) atoms. The molecule has 1 unspecified atom stereocenters. The van der Waals surface area contributed by atoms with Gasteiger partial charge in [-0.25, -0.2) is 4.39 Å². The molecule has 4 fully saturated rings. The zero-order valence-corrected chi connectivity index (χ0v) is 17.1. The SMILES string of the molecule is C[C@@]1(O)CC[C@@H]2C3CC[C@]4(C)[C@@H](C(=O)CBr)CC[C@H]4[C@@H]3C[C@@H](F)[C@@H]2C1. The summed E-state index contributed by atoms with van der Waals surface area (Å²) in [6.07, 6.45) is 6.69. The van der Waals surface area contributed by atoms with Crippen molar-refractivity contribution >= 4 is 21.7 Å². The van der Waals surface area contributed by atoms with Gasteiger partial charge in [-0.2, -0.15) is 0 Å². The van der Waals surface area contributed by atoms with Crippen LogP contribution in [0.2, 0.25) is 0 Å². The molecule has 0 heterocycles. The summed E-state index contributed by atoms with van der Waals surface area (Å²) in [6.45, 7) is 4.20. The third-order valence-corrected chi connectivity index (χ3v) is 9.32. The first-order valence-electron chi connectivity index (χ1n) is 10.2. The third-order valence-electron chi connectivity index (χ3n) is 8.77. The lowest BCUT2D eigenvalue weighted by Gasteiger charge is -2.57. The zero-order valence-electron chi connectivity index (χ0n) is 15.5. The van der Waals surface area contributed by atoms with Crippen molar-refractivity contribution in [2.45, 2.75) is 77.0 Å². The van der Waals surface area contributed by atoms with Crippen LogP contribution in [0.1, 0.15) is 65.2 Å². The normalized spacial score (nSPS) is 55.2. The second-order valence-corrected chi connectivity index (χ2v) is 10.6. The lowest BCUT2D eigenvalue weighted by Crippen LogP contribution is -2.54. The van der Waals surface area contributed by atoms with Gasteiger partial charge in [0.2, 0.25) is 0 Å². The van der Waals surface area contributed by atoms with Crippen LogP contribution in [0.25, 0.3) is 0 Å². The summed E-state index contributed by atoms with van der Waals surface area (Å²) < 4.78 is 15.2. The molecule has 9 atom stereocenters. The molecular weight excluding hydrogens is 383 g/mol. The van der Waals surface area contributed by atoms with E-state index < -0.39 is 11.8 Å². The number of aliphatic hydroxyl groups is 1. The maximum absolute atomic E-state index is 15.2. The summed E-state index contributed by atoms with van der Waals surface area (Å²) in [5.74, 6) is 2.60. The molecule has 0 aromatic carbocycles. The molecule has 0 aromatic heterocycles. The summed E-state index contributed by atoms with van der Waals surface area (Å²) in [5.41, 5.74) is -0.596. The summed E-state index contributed by atoms with van der Waals surface area (Å²) >= 11 is 3.37. The van der Waals surface area contributed by atoms with Crippen molar-refractivity contribution in [1.29, 1.82) is 0 Å². The molecule has 0 spiro atoms. The minimum Gasteiger partial charge on any atom is -0.390 e. The standard InChI is InChI=1S/C21H32BrFO2/c1-20(25)7-5-13-12-6-8-21(2)16(3-4-17(21)19(24)11-22)14(12)9-18(23)15(13)10-20/h12-18,25H,3-11H2,1-2H3/t12?,13-,14-,15-,16+,17-,18-,20-,21+/m1/s1. The number of alkyl halides is 2. The molecule has 4 aliphatic carbocycles. The third kappa shape index (κ3) is 2.85. The van der Waals surface area contributed by atoms with Gasteiger partial charge in [-0.15, -0.1) is 0 Å². The topological polar surface area (TPSA) is 37.3 Å². The van der Waals surface area contributed by atoms with Crippen LogP contribution in [0.4, 0.5) is 4.39 Å². The highest BCUT2D eigenvalue weighted by Crippen LogP contribution is 2.65. The van der Waals surface area contributed by atoms with Crippen molar-refractivity contribution in [3.8, 4) is 0 Å². The number of halogens is 2. The highest BCUT2D eigenvalue weighted by atomic mass is 79.9. The highest BCUT2D eigenvalue weighted by molar-refractivity contribution is 9.09. The molecule has 0 radical (unpaired) electrons. The Kier molecular flexibility index (Phi) is 4.63. The molecule has 4 rings (SSSR count). The Labute approximate surface area is 159 Å². The molecule has 0 amide bonds. The van der Waals surface area contributed by atoms with E-state index in [2.05, 4.69) is 22.9 Å². The van der Waals surface area contributed by atoms with Gasteiger partial charge in [0.25, 0.3) is 0 Å². The molecule has 4 heteroatoms. The number of carbonyl (C=O) groups excluding carboxylic acids is 1. The summed E-state index contributed by atoms with van der Waals surface area (Å²) in [7, 11) is 0. The maximum atomic E-state index is 15.2. The zero-order chi connectivity index (χ0) is 18.0. The van der Waals surface area contributed by atoms with Crippen LogP contribution < -0.4 is 0 Å². The average molecular weight is 415 g/mol. The molecule has 0 saturated heterocycles. The Morgan fingerprint density at radius 3 is 2.48 bits per heavy atom. The Morgan fingerprint density at radius 2 is 1.76 bits per heavy atom. The molecule has 4 aliphatic rings. The minimum absolute atomic E-state index is 0.0516. The van der Waals surface area contributed by atoms with E-state index in [4.69, 9.17) is 0 Å². The Balaban J connectivity index is 1.58. The van der Waals surface area contributed by atoms with E-state index in [1.807, 2.05) is 6.92 Å². The molecule has 0 bridgehead atoms. The van der Waals surface area contributed by atoms with Crippen molar-refractivity contribution in [1.82, 2.24) is 0 Å². The van der Waals surface area contributed by atoms with Crippen molar-refractivity contribution < 1.29 is 14.3 Å². The second kappa shape index (κ2) is 6.29. The quantitative estimate of drug-likeness (QED) is 0.651. The molecule has 142 valence electrons. The van der Waals surface area contributed by atoms with E-state index in [0.717, 1.165) is 38.5 Å². The van der Waals surface area contributed by atoms with Crippen LogP contribution in [0, 0.1) is 40.9 Å². The first-order chi connectivity index (χ1) is 11.8. The van der Waals surface area contributed by atoms with E-state index in [0.29, 0.717) is 47.6 Å². The van der Waals surface area contributed by atoms with Crippen molar-refractivity contribution in [2.75, 3.05) is 5.33 Å². The second-order valence-electron chi connectivity index (χ2n) is 10.0. The lowest BCUT2D eigenvalue weighted by molar-refractivity contribution is -0.137. The number of Topliss-reactive ketones (excluding diaryl/α,β-unsaturated/α-hetero) is 1. The maximum Gasteiger partial charge on any atom is 0.147 e. The fourth-order valence-electron chi connectivity index (χ4n) is 7.62. The van der Waals surface area contributed by atoms with Gasteiger partial charge in [-0.05, 0) is 93.3 Å². The summed E-state index contributed by atoms with van der Waals surface area (Å²) in [6, 6.07) is 0. The first kappa shape index (κ1) is 18.4. The smallest absolute Gasteiger partial charge is 0.147 e. The van der Waals surface area contributed by atoms with Gasteiger partial charge in [0.15, 0.2) is 0 Å². The van der Waals surface area contributed by atoms with Crippen molar-refractivity contribution in [2.24, 2.45) is 40.9 Å². The van der Waals surface area contributed by atoms with E-state index >= 15 is 4.39 Å². The predicted molar refractivity (Wildman–Crippen MR) is 100 cm³/mol.